The Labute approximate surface area is 129 Å². The fourth-order valence-electron chi connectivity index (χ4n) is 2.90. The van der Waals surface area contributed by atoms with Crippen LogP contribution in [0, 0.1) is 0 Å². The van der Waals surface area contributed by atoms with Gasteiger partial charge in [0.1, 0.15) is 0 Å². The van der Waals surface area contributed by atoms with Gasteiger partial charge < -0.3 is 0 Å². The first-order valence-corrected chi connectivity index (χ1v) is 7.42. The van der Waals surface area contributed by atoms with Crippen LogP contribution < -0.4 is 5.32 Å². The van der Waals surface area contributed by atoms with Gasteiger partial charge in [-0.2, -0.15) is 0 Å². The van der Waals surface area contributed by atoms with Gasteiger partial charge in [0.05, 0.1) is 26.2 Å². The third-order valence-corrected chi connectivity index (χ3v) is 3.89. The maximum atomic E-state index is 12.1. The Morgan fingerprint density at radius 1 is 0.909 bits per heavy atom. The van der Waals surface area contributed by atoms with E-state index in [2.05, 4.69) is 5.32 Å². The van der Waals surface area contributed by atoms with Crippen molar-refractivity contribution in [2.45, 2.75) is 32.9 Å². The van der Waals surface area contributed by atoms with Crippen molar-refractivity contribution in [1.82, 2.24) is 20.0 Å². The molecule has 0 aromatic carbocycles. The minimum atomic E-state index is -0.319. The lowest BCUT2D eigenvalue weighted by molar-refractivity contribution is -0.155. The molecule has 0 aromatic heterocycles. The summed E-state index contributed by atoms with van der Waals surface area (Å²) < 4.78 is 0. The van der Waals surface area contributed by atoms with E-state index in [4.69, 9.17) is 0 Å². The van der Waals surface area contributed by atoms with Gasteiger partial charge >= 0.3 is 0 Å². The average Bonchev–Trinajstić information content (AvgIpc) is 2.35. The van der Waals surface area contributed by atoms with Crippen molar-refractivity contribution in [3.8, 4) is 0 Å². The second-order valence-electron chi connectivity index (χ2n) is 6.15. The zero-order valence-electron chi connectivity index (χ0n) is 13.2. The van der Waals surface area contributed by atoms with Crippen molar-refractivity contribution in [2.75, 3.05) is 32.7 Å². The summed E-state index contributed by atoms with van der Waals surface area (Å²) in [6, 6.07) is -0.234. The van der Waals surface area contributed by atoms with Gasteiger partial charge in [0.2, 0.25) is 23.6 Å². The number of hydrogen-bond donors (Lipinski definition) is 1. The van der Waals surface area contributed by atoms with Crippen molar-refractivity contribution in [2.24, 2.45) is 0 Å². The molecule has 0 aliphatic carbocycles. The second kappa shape index (κ2) is 6.53. The number of amides is 4. The van der Waals surface area contributed by atoms with Crippen molar-refractivity contribution in [1.29, 1.82) is 0 Å². The molecule has 122 valence electrons. The van der Waals surface area contributed by atoms with Gasteiger partial charge in [0.15, 0.2) is 0 Å². The number of carbonyl (C=O) groups is 4. The topological polar surface area (TPSA) is 90.0 Å². The molecule has 0 bridgehead atoms. The lowest BCUT2D eigenvalue weighted by Gasteiger charge is -2.39. The van der Waals surface area contributed by atoms with Crippen LogP contribution in [0.3, 0.4) is 0 Å². The van der Waals surface area contributed by atoms with E-state index in [1.165, 1.54) is 4.90 Å². The molecule has 1 N–H and O–H groups in total. The van der Waals surface area contributed by atoms with E-state index < -0.39 is 0 Å². The molecule has 1 unspecified atom stereocenters. The maximum absolute atomic E-state index is 12.1. The molecule has 2 heterocycles. The SMILES string of the molecule is CC(CN1CC(=O)NC(=O)C1)N1CC(=O)N(C(C)C)C(=O)C1. The van der Waals surface area contributed by atoms with Gasteiger partial charge in [-0.3, -0.25) is 39.2 Å². The molecule has 2 rings (SSSR count). The summed E-state index contributed by atoms with van der Waals surface area (Å²) in [4.78, 5) is 51.7. The fraction of sp³-hybridized carbons (Fsp3) is 0.714. The smallest absolute Gasteiger partial charge is 0.243 e. The van der Waals surface area contributed by atoms with E-state index in [0.29, 0.717) is 6.54 Å². The van der Waals surface area contributed by atoms with Crippen LogP contribution in [-0.2, 0) is 19.2 Å². The Bertz CT molecular complexity index is 471. The highest BCUT2D eigenvalue weighted by atomic mass is 16.2. The zero-order chi connectivity index (χ0) is 16.4. The Hall–Kier alpha value is -1.80. The Morgan fingerprint density at radius 3 is 1.86 bits per heavy atom. The van der Waals surface area contributed by atoms with Crippen LogP contribution in [0.25, 0.3) is 0 Å². The third kappa shape index (κ3) is 3.69. The predicted octanol–water partition coefficient (Wildman–Crippen LogP) is -1.59. The molecule has 1 atom stereocenters. The molecule has 2 saturated heterocycles. The Morgan fingerprint density at radius 2 is 1.41 bits per heavy atom. The van der Waals surface area contributed by atoms with Crippen LogP contribution in [0.5, 0.6) is 0 Å². The largest absolute Gasteiger partial charge is 0.294 e. The van der Waals surface area contributed by atoms with Gasteiger partial charge in [0.25, 0.3) is 0 Å². The lowest BCUT2D eigenvalue weighted by atomic mass is 10.1. The Kier molecular flexibility index (Phi) is 4.92. The van der Waals surface area contributed by atoms with Gasteiger partial charge in [-0.1, -0.05) is 0 Å². The first-order valence-electron chi connectivity index (χ1n) is 7.42. The molecule has 0 aromatic rings. The minimum absolute atomic E-state index is 0.0964. The Balaban J connectivity index is 1.95. The highest BCUT2D eigenvalue weighted by Crippen LogP contribution is 2.13. The molecule has 0 saturated carbocycles. The van der Waals surface area contributed by atoms with E-state index >= 15 is 0 Å². The summed E-state index contributed by atoms with van der Waals surface area (Å²) in [7, 11) is 0. The van der Waals surface area contributed by atoms with Gasteiger partial charge in [-0.15, -0.1) is 0 Å². The van der Waals surface area contributed by atoms with E-state index in [-0.39, 0.29) is 61.9 Å². The van der Waals surface area contributed by atoms with E-state index in [9.17, 15) is 19.2 Å². The number of rotatable bonds is 4. The van der Waals surface area contributed by atoms with Crippen LogP contribution in [-0.4, -0.2) is 83.1 Å². The molecular formula is C14H22N4O4. The van der Waals surface area contributed by atoms with Crippen LogP contribution in [0.4, 0.5) is 0 Å². The molecule has 0 spiro atoms. The van der Waals surface area contributed by atoms with Crippen LogP contribution in [0.1, 0.15) is 20.8 Å². The van der Waals surface area contributed by atoms with Gasteiger partial charge in [-0.25, -0.2) is 0 Å². The van der Waals surface area contributed by atoms with Crippen LogP contribution in [0.15, 0.2) is 0 Å². The number of nitrogens with zero attached hydrogens (tertiary/aromatic N) is 3. The van der Waals surface area contributed by atoms with Crippen molar-refractivity contribution >= 4 is 23.6 Å². The van der Waals surface area contributed by atoms with Crippen molar-refractivity contribution in [3.63, 3.8) is 0 Å². The standard InChI is InChI=1S/C14H22N4O4/c1-9(2)18-13(21)7-17(8-14(18)22)10(3)4-16-5-11(19)15-12(20)6-16/h9-10H,4-8H2,1-3H3,(H,15,19,20). The number of hydrogen-bond acceptors (Lipinski definition) is 6. The first-order chi connectivity index (χ1) is 10.3. The minimum Gasteiger partial charge on any atom is -0.294 e. The monoisotopic (exact) mass is 310 g/mol. The first kappa shape index (κ1) is 16.6. The van der Waals surface area contributed by atoms with E-state index in [0.717, 1.165) is 0 Å². The van der Waals surface area contributed by atoms with Gasteiger partial charge in [-0.05, 0) is 20.8 Å². The third-order valence-electron chi connectivity index (χ3n) is 3.89. The summed E-state index contributed by atoms with van der Waals surface area (Å²) in [5.41, 5.74) is 0. The second-order valence-corrected chi connectivity index (χ2v) is 6.15. The van der Waals surface area contributed by atoms with E-state index in [1.54, 1.807) is 9.80 Å². The summed E-state index contributed by atoms with van der Waals surface area (Å²) in [5.74, 6) is -1.04. The highest BCUT2D eigenvalue weighted by molar-refractivity contribution is 6.00. The molecule has 0 radical (unpaired) electrons. The molecule has 8 nitrogen and oxygen atoms in total. The zero-order valence-corrected chi connectivity index (χ0v) is 13.2. The predicted molar refractivity (Wildman–Crippen MR) is 77.6 cm³/mol. The fourth-order valence-corrected chi connectivity index (χ4v) is 2.90. The number of imide groups is 2. The molecule has 2 aliphatic heterocycles. The van der Waals surface area contributed by atoms with E-state index in [1.807, 2.05) is 20.8 Å². The summed E-state index contributed by atoms with van der Waals surface area (Å²) in [5, 5.41) is 2.25. The maximum Gasteiger partial charge on any atom is 0.243 e. The molecule has 2 fully saturated rings. The highest BCUT2D eigenvalue weighted by Gasteiger charge is 2.35. The average molecular weight is 310 g/mol. The lowest BCUT2D eigenvalue weighted by Crippen LogP contribution is -2.60. The molecular weight excluding hydrogens is 288 g/mol. The summed E-state index contributed by atoms with van der Waals surface area (Å²) >= 11 is 0. The quantitative estimate of drug-likeness (QED) is 0.630. The number of piperazine rings is 2. The molecule has 4 amide bonds. The summed E-state index contributed by atoms with van der Waals surface area (Å²) in [6.45, 7) is 6.65. The number of nitrogens with one attached hydrogen (secondary N) is 1. The van der Waals surface area contributed by atoms with Crippen molar-refractivity contribution < 1.29 is 19.2 Å². The molecule has 22 heavy (non-hydrogen) atoms. The van der Waals surface area contributed by atoms with Gasteiger partial charge in [0, 0.05) is 18.6 Å². The molecule has 8 heteroatoms. The van der Waals surface area contributed by atoms with Crippen LogP contribution in [0.2, 0.25) is 0 Å². The molecule has 2 aliphatic rings. The summed E-state index contributed by atoms with van der Waals surface area (Å²) in [6.07, 6.45) is 0. The van der Waals surface area contributed by atoms with Crippen LogP contribution >= 0.6 is 0 Å². The number of carbonyl (C=O) groups excluding carboxylic acids is 4. The normalized spacial score (nSPS) is 23.2. The van der Waals surface area contributed by atoms with Crippen molar-refractivity contribution in [3.05, 3.63) is 0 Å².